The number of hydrogen-bond donors (Lipinski definition) is 4. The molecule has 2 amide bonds. The van der Waals surface area contributed by atoms with E-state index in [9.17, 15) is 33.0 Å². The summed E-state index contributed by atoms with van der Waals surface area (Å²) < 4.78 is 31.7. The van der Waals surface area contributed by atoms with Crippen LogP contribution in [0.25, 0.3) is 0 Å². The quantitative estimate of drug-likeness (QED) is 0.365. The Morgan fingerprint density at radius 2 is 1.67 bits per heavy atom. The third kappa shape index (κ3) is 8.39. The number of carboxylic acids is 1. The van der Waals surface area contributed by atoms with Crippen LogP contribution in [0.15, 0.2) is 24.3 Å². The molecule has 39 heavy (non-hydrogen) atoms. The van der Waals surface area contributed by atoms with Gasteiger partial charge in [-0.15, -0.1) is 0 Å². The largest absolute Gasteiger partial charge is 0.490 e. The fraction of sp³-hybridized carbons (Fsp3) is 0.667. The molecule has 0 radical (unpaired) electrons. The van der Waals surface area contributed by atoms with Crippen LogP contribution in [0.3, 0.4) is 0 Å². The monoisotopic (exact) mass is 557 g/mol. The van der Waals surface area contributed by atoms with Crippen LogP contribution in [-0.2, 0) is 9.59 Å². The number of aliphatic hydroxyl groups excluding tert-OH is 2. The van der Waals surface area contributed by atoms with E-state index in [0.717, 1.165) is 45.1 Å². The summed E-state index contributed by atoms with van der Waals surface area (Å²) in [4.78, 5) is 37.5. The smallest absolute Gasteiger partial charge is 0.475 e. The van der Waals surface area contributed by atoms with Crippen molar-refractivity contribution in [3.8, 4) is 0 Å². The van der Waals surface area contributed by atoms with Crippen molar-refractivity contribution in [3.63, 3.8) is 0 Å². The Morgan fingerprint density at radius 3 is 2.18 bits per heavy atom. The molecule has 3 aliphatic rings. The number of primary amides is 1. The van der Waals surface area contributed by atoms with Gasteiger partial charge in [-0.1, -0.05) is 25.0 Å². The molecule has 2 saturated heterocycles. The van der Waals surface area contributed by atoms with Crippen LogP contribution in [0.2, 0.25) is 0 Å². The van der Waals surface area contributed by atoms with Gasteiger partial charge in [-0.05, 0) is 68.1 Å². The number of amides is 2. The number of halogens is 3. The summed E-state index contributed by atoms with van der Waals surface area (Å²) in [6.45, 7) is 1.56. The van der Waals surface area contributed by atoms with E-state index in [1.165, 1.54) is 18.4 Å². The van der Waals surface area contributed by atoms with Crippen molar-refractivity contribution in [3.05, 3.63) is 35.4 Å². The topological polar surface area (TPSA) is 144 Å². The second-order valence-electron chi connectivity index (χ2n) is 10.7. The lowest BCUT2D eigenvalue weighted by atomic mass is 9.84. The van der Waals surface area contributed by atoms with Crippen LogP contribution in [-0.4, -0.2) is 93.5 Å². The molecule has 1 aromatic rings. The molecule has 2 heterocycles. The van der Waals surface area contributed by atoms with Gasteiger partial charge >= 0.3 is 12.1 Å². The SMILES string of the molecule is NC(=O)c1cccc(C2C[C@H]3CC[C@@H](C2)N3CCN(CC2CCCC2)C(=O)[C@@H](O)CO)c1.O=C(O)C(F)(F)F. The number of nitrogens with two attached hydrogens (primary N) is 1. The second kappa shape index (κ2) is 13.6. The van der Waals surface area contributed by atoms with E-state index in [2.05, 4.69) is 11.0 Å². The van der Waals surface area contributed by atoms with Gasteiger partial charge in [0.2, 0.25) is 5.91 Å². The number of piperidine rings is 1. The van der Waals surface area contributed by atoms with E-state index in [1.807, 2.05) is 12.1 Å². The summed E-state index contributed by atoms with van der Waals surface area (Å²) in [6.07, 6.45) is 2.71. The Morgan fingerprint density at radius 1 is 1.08 bits per heavy atom. The van der Waals surface area contributed by atoms with Crippen molar-refractivity contribution in [2.24, 2.45) is 11.7 Å². The van der Waals surface area contributed by atoms with Gasteiger partial charge in [0.05, 0.1) is 6.61 Å². The maximum atomic E-state index is 12.7. The molecule has 0 spiro atoms. The first-order valence-electron chi connectivity index (χ1n) is 13.4. The molecule has 218 valence electrons. The molecule has 12 heteroatoms. The Bertz CT molecular complexity index is 987. The Labute approximate surface area is 225 Å². The number of fused-ring (bicyclic) bond motifs is 2. The van der Waals surface area contributed by atoms with E-state index >= 15 is 0 Å². The average molecular weight is 558 g/mol. The summed E-state index contributed by atoms with van der Waals surface area (Å²) in [5, 5.41) is 26.4. The molecule has 5 N–H and O–H groups in total. The van der Waals surface area contributed by atoms with E-state index in [4.69, 9.17) is 15.6 Å². The van der Waals surface area contributed by atoms with Gasteiger partial charge in [0.15, 0.2) is 6.10 Å². The van der Waals surface area contributed by atoms with Crippen LogP contribution in [0, 0.1) is 5.92 Å². The Hall–Kier alpha value is -2.70. The fourth-order valence-corrected chi connectivity index (χ4v) is 6.18. The number of alkyl halides is 3. The minimum Gasteiger partial charge on any atom is -0.475 e. The predicted molar refractivity (Wildman–Crippen MR) is 136 cm³/mol. The number of carboxylic acid groups (broad SMARTS) is 1. The third-order valence-electron chi connectivity index (χ3n) is 8.12. The van der Waals surface area contributed by atoms with Crippen molar-refractivity contribution in [1.29, 1.82) is 0 Å². The van der Waals surface area contributed by atoms with E-state index in [1.54, 1.807) is 11.0 Å². The number of benzene rings is 1. The fourth-order valence-electron chi connectivity index (χ4n) is 6.18. The number of nitrogens with zero attached hydrogens (tertiary/aromatic N) is 2. The minimum absolute atomic E-state index is 0.343. The van der Waals surface area contributed by atoms with E-state index < -0.39 is 24.9 Å². The third-order valence-corrected chi connectivity index (χ3v) is 8.12. The zero-order chi connectivity index (χ0) is 28.7. The molecule has 4 atom stereocenters. The Balaban J connectivity index is 0.000000532. The van der Waals surface area contributed by atoms with Crippen LogP contribution in [0.1, 0.15) is 73.2 Å². The molecule has 1 saturated carbocycles. The summed E-state index contributed by atoms with van der Waals surface area (Å²) in [5.74, 6) is -2.55. The molecule has 2 bridgehead atoms. The lowest BCUT2D eigenvalue weighted by Gasteiger charge is -2.40. The molecule has 1 aromatic carbocycles. The molecule has 1 aliphatic carbocycles. The van der Waals surface area contributed by atoms with Gasteiger partial charge in [-0.25, -0.2) is 4.79 Å². The molecule has 9 nitrogen and oxygen atoms in total. The maximum Gasteiger partial charge on any atom is 0.490 e. The number of aliphatic hydroxyl groups is 2. The van der Waals surface area contributed by atoms with Gasteiger partial charge in [0.1, 0.15) is 0 Å². The summed E-state index contributed by atoms with van der Waals surface area (Å²) in [6, 6.07) is 8.68. The van der Waals surface area contributed by atoms with Gasteiger partial charge in [-0.3, -0.25) is 14.5 Å². The van der Waals surface area contributed by atoms with Crippen LogP contribution in [0.5, 0.6) is 0 Å². The highest BCUT2D eigenvalue weighted by molar-refractivity contribution is 5.92. The summed E-state index contributed by atoms with van der Waals surface area (Å²) in [5.41, 5.74) is 7.24. The highest BCUT2D eigenvalue weighted by atomic mass is 19.4. The van der Waals surface area contributed by atoms with Crippen molar-refractivity contribution in [2.45, 2.75) is 81.6 Å². The molecule has 1 unspecified atom stereocenters. The molecular weight excluding hydrogens is 519 g/mol. The van der Waals surface area contributed by atoms with Crippen molar-refractivity contribution >= 4 is 17.8 Å². The number of carbonyl (C=O) groups is 3. The highest BCUT2D eigenvalue weighted by Crippen LogP contribution is 2.43. The number of hydrogen-bond acceptors (Lipinski definition) is 6. The predicted octanol–water partition coefficient (Wildman–Crippen LogP) is 2.50. The minimum atomic E-state index is -5.08. The van der Waals surface area contributed by atoms with Crippen molar-refractivity contribution < 1.29 is 42.9 Å². The van der Waals surface area contributed by atoms with E-state index in [0.29, 0.717) is 42.6 Å². The second-order valence-corrected chi connectivity index (χ2v) is 10.7. The number of rotatable bonds is 9. The summed E-state index contributed by atoms with van der Waals surface area (Å²) >= 11 is 0. The van der Waals surface area contributed by atoms with Crippen LogP contribution < -0.4 is 5.73 Å². The maximum absolute atomic E-state index is 12.7. The molecule has 2 aliphatic heterocycles. The Kier molecular flexibility index (Phi) is 10.7. The van der Waals surface area contributed by atoms with Crippen LogP contribution >= 0.6 is 0 Å². The zero-order valence-corrected chi connectivity index (χ0v) is 21.9. The molecular formula is C27H38F3N3O6. The zero-order valence-electron chi connectivity index (χ0n) is 21.9. The first-order chi connectivity index (χ1) is 18.4. The van der Waals surface area contributed by atoms with Gasteiger partial charge < -0.3 is 26.0 Å². The van der Waals surface area contributed by atoms with Gasteiger partial charge in [0.25, 0.3) is 5.91 Å². The van der Waals surface area contributed by atoms with Crippen LogP contribution in [0.4, 0.5) is 13.2 Å². The average Bonchev–Trinajstić information content (AvgIpc) is 3.49. The highest BCUT2D eigenvalue weighted by Gasteiger charge is 2.41. The first kappa shape index (κ1) is 30.8. The lowest BCUT2D eigenvalue weighted by Crippen LogP contribution is -2.49. The summed E-state index contributed by atoms with van der Waals surface area (Å²) in [7, 11) is 0. The molecule has 4 rings (SSSR count). The number of carbonyl (C=O) groups excluding carboxylic acids is 2. The standard InChI is InChI=1S/C25H37N3O4.C2HF3O2/c26-24(31)19-7-3-6-18(12-19)20-13-21-8-9-22(14-20)28(21)11-10-27(25(32)23(30)16-29)15-17-4-1-2-5-17;3-2(4,5)1(6)7/h3,6-7,12,17,20-23,29-30H,1-2,4-5,8-11,13-16H2,(H2,26,31);(H,6,7)/t20?,21-,22+,23-;/m0./s1. The van der Waals surface area contributed by atoms with Crippen molar-refractivity contribution in [2.75, 3.05) is 26.2 Å². The number of aliphatic carboxylic acids is 1. The lowest BCUT2D eigenvalue weighted by molar-refractivity contribution is -0.192. The normalized spacial score (nSPS) is 24.1. The van der Waals surface area contributed by atoms with Gasteiger partial charge in [0, 0.05) is 37.3 Å². The van der Waals surface area contributed by atoms with Crippen molar-refractivity contribution in [1.82, 2.24) is 9.80 Å². The molecule has 3 fully saturated rings. The van der Waals surface area contributed by atoms with E-state index in [-0.39, 0.29) is 11.8 Å². The van der Waals surface area contributed by atoms with Gasteiger partial charge in [-0.2, -0.15) is 13.2 Å². The molecule has 0 aromatic heterocycles. The first-order valence-corrected chi connectivity index (χ1v) is 13.4.